The summed E-state index contributed by atoms with van der Waals surface area (Å²) in [6.45, 7) is 3.01. The Kier molecular flexibility index (Phi) is 7.76. The van der Waals surface area contributed by atoms with E-state index in [0.29, 0.717) is 17.0 Å². The van der Waals surface area contributed by atoms with Gasteiger partial charge >= 0.3 is 12.0 Å². The smallest absolute Gasteiger partial charge is 0.329 e. The Morgan fingerprint density at radius 1 is 1.25 bits per heavy atom. The summed E-state index contributed by atoms with van der Waals surface area (Å²) in [7, 11) is 1.21. The molecule has 0 aliphatic heterocycles. The monoisotopic (exact) mass is 353 g/mol. The van der Waals surface area contributed by atoms with Crippen molar-refractivity contribution in [3.63, 3.8) is 0 Å². The van der Waals surface area contributed by atoms with E-state index in [2.05, 4.69) is 20.5 Å². The first-order valence-corrected chi connectivity index (χ1v) is 7.93. The van der Waals surface area contributed by atoms with Gasteiger partial charge in [-0.15, -0.1) is 0 Å². The zero-order valence-corrected chi connectivity index (χ0v) is 14.3. The number of ether oxygens (including phenoxy) is 1. The van der Waals surface area contributed by atoms with Crippen molar-refractivity contribution in [3.8, 4) is 0 Å². The third kappa shape index (κ3) is 6.29. The van der Waals surface area contributed by atoms with Crippen LogP contribution in [-0.2, 0) is 14.3 Å². The number of carbonyl (C=O) groups excluding carboxylic acids is 3. The van der Waals surface area contributed by atoms with Gasteiger partial charge < -0.3 is 20.6 Å². The molecule has 0 spiro atoms. The van der Waals surface area contributed by atoms with Crippen molar-refractivity contribution < 1.29 is 24.3 Å². The predicted octanol–water partition coefficient (Wildman–Crippen LogP) is 1.83. The Morgan fingerprint density at radius 3 is 2.38 bits per heavy atom. The lowest BCUT2D eigenvalue weighted by Gasteiger charge is -2.16. The number of urea groups is 1. The summed E-state index contributed by atoms with van der Waals surface area (Å²) in [5.41, 5.74) is 1.64. The summed E-state index contributed by atoms with van der Waals surface area (Å²) >= 11 is 0.920. The molecule has 3 N–H and O–H groups in total. The highest BCUT2D eigenvalue weighted by Crippen LogP contribution is 2.11. The van der Waals surface area contributed by atoms with Crippen LogP contribution in [0.25, 0.3) is 0 Å². The van der Waals surface area contributed by atoms with E-state index in [4.69, 9.17) is 5.21 Å². The van der Waals surface area contributed by atoms with Gasteiger partial charge in [-0.2, -0.15) is 0 Å². The fourth-order valence-electron chi connectivity index (χ4n) is 1.69. The molecule has 1 atom stereocenters. The SMILES string of the molecule is COC(=O)C(CSC(C)=O)NC(=O)Nc1ccc(/C(C)=N/O)cc1. The number of anilines is 1. The average Bonchev–Trinajstić information content (AvgIpc) is 2.57. The summed E-state index contributed by atoms with van der Waals surface area (Å²) in [6.07, 6.45) is 0. The Balaban J connectivity index is 2.67. The van der Waals surface area contributed by atoms with E-state index in [1.165, 1.54) is 14.0 Å². The molecule has 1 aromatic carbocycles. The lowest BCUT2D eigenvalue weighted by atomic mass is 10.1. The second-order valence-corrected chi connectivity index (χ2v) is 5.94. The molecule has 130 valence electrons. The predicted molar refractivity (Wildman–Crippen MR) is 91.5 cm³/mol. The van der Waals surface area contributed by atoms with Gasteiger partial charge in [0.2, 0.25) is 0 Å². The molecule has 0 bridgehead atoms. The van der Waals surface area contributed by atoms with Crippen LogP contribution in [0, 0.1) is 0 Å². The van der Waals surface area contributed by atoms with Crippen LogP contribution in [0.4, 0.5) is 10.5 Å². The zero-order chi connectivity index (χ0) is 18.1. The van der Waals surface area contributed by atoms with Crippen LogP contribution in [0.15, 0.2) is 29.4 Å². The Bertz CT molecular complexity index is 631. The van der Waals surface area contributed by atoms with Crippen LogP contribution >= 0.6 is 11.8 Å². The molecule has 0 aliphatic rings. The number of nitrogens with one attached hydrogen (secondary N) is 2. The van der Waals surface area contributed by atoms with Crippen molar-refractivity contribution in [2.24, 2.45) is 5.16 Å². The first-order chi connectivity index (χ1) is 11.4. The molecule has 0 aromatic heterocycles. The van der Waals surface area contributed by atoms with Crippen LogP contribution in [-0.4, -0.2) is 46.9 Å². The number of hydrogen-bond acceptors (Lipinski definition) is 7. The number of thioether (sulfide) groups is 1. The van der Waals surface area contributed by atoms with Crippen molar-refractivity contribution in [1.29, 1.82) is 0 Å². The van der Waals surface area contributed by atoms with Crippen LogP contribution in [0.2, 0.25) is 0 Å². The highest BCUT2D eigenvalue weighted by Gasteiger charge is 2.22. The Hall–Kier alpha value is -2.55. The first-order valence-electron chi connectivity index (χ1n) is 6.95. The van der Waals surface area contributed by atoms with Crippen molar-refractivity contribution in [1.82, 2.24) is 5.32 Å². The minimum atomic E-state index is -0.938. The second kappa shape index (κ2) is 9.56. The fourth-order valence-corrected chi connectivity index (χ4v) is 2.31. The van der Waals surface area contributed by atoms with Gasteiger partial charge in [0.1, 0.15) is 6.04 Å². The molecule has 2 amide bonds. The lowest BCUT2D eigenvalue weighted by molar-refractivity contribution is -0.142. The maximum Gasteiger partial charge on any atom is 0.329 e. The summed E-state index contributed by atoms with van der Waals surface area (Å²) in [6, 6.07) is 5.06. The quantitative estimate of drug-likeness (QED) is 0.311. The van der Waals surface area contributed by atoms with Crippen molar-refractivity contribution in [3.05, 3.63) is 29.8 Å². The highest BCUT2D eigenvalue weighted by atomic mass is 32.2. The van der Waals surface area contributed by atoms with Gasteiger partial charge in [0.15, 0.2) is 5.12 Å². The van der Waals surface area contributed by atoms with Crippen molar-refractivity contribution in [2.45, 2.75) is 19.9 Å². The van der Waals surface area contributed by atoms with E-state index in [1.807, 2.05) is 0 Å². The van der Waals surface area contributed by atoms with Gasteiger partial charge in [0.25, 0.3) is 0 Å². The van der Waals surface area contributed by atoms with Gasteiger partial charge in [-0.25, -0.2) is 9.59 Å². The maximum absolute atomic E-state index is 12.0. The van der Waals surface area contributed by atoms with Gasteiger partial charge in [-0.1, -0.05) is 29.1 Å². The summed E-state index contributed by atoms with van der Waals surface area (Å²) in [4.78, 5) is 34.6. The number of esters is 1. The molecule has 0 saturated carbocycles. The van der Waals surface area contributed by atoms with E-state index in [1.54, 1.807) is 31.2 Å². The zero-order valence-electron chi connectivity index (χ0n) is 13.5. The van der Waals surface area contributed by atoms with Crippen LogP contribution in [0.5, 0.6) is 0 Å². The topological polar surface area (TPSA) is 117 Å². The molecule has 8 nitrogen and oxygen atoms in total. The maximum atomic E-state index is 12.0. The number of amides is 2. The number of benzene rings is 1. The number of nitrogens with zero attached hydrogens (tertiary/aromatic N) is 1. The minimum Gasteiger partial charge on any atom is -0.467 e. The van der Waals surface area contributed by atoms with Crippen LogP contribution in [0.3, 0.4) is 0 Å². The standard InChI is InChI=1S/C15H19N3O5S/c1-9(18-22)11-4-6-12(7-5-11)16-15(21)17-13(14(20)23-3)8-24-10(2)19/h4-7,13,22H,8H2,1-3H3,(H2,16,17,21)/b18-9+. The molecule has 0 radical (unpaired) electrons. The summed E-state index contributed by atoms with van der Waals surface area (Å²) < 4.78 is 4.61. The van der Waals surface area contributed by atoms with E-state index in [-0.39, 0.29) is 10.9 Å². The van der Waals surface area contributed by atoms with E-state index < -0.39 is 18.0 Å². The number of carbonyl (C=O) groups is 3. The number of hydrogen-bond donors (Lipinski definition) is 3. The average molecular weight is 353 g/mol. The van der Waals surface area contributed by atoms with Gasteiger partial charge in [-0.3, -0.25) is 4.79 Å². The van der Waals surface area contributed by atoms with Gasteiger partial charge in [0.05, 0.1) is 12.8 Å². The minimum absolute atomic E-state index is 0.0839. The van der Waals surface area contributed by atoms with Crippen molar-refractivity contribution in [2.75, 3.05) is 18.2 Å². The molecular formula is C15H19N3O5S. The molecule has 0 fully saturated rings. The van der Waals surface area contributed by atoms with Crippen molar-refractivity contribution >= 4 is 40.3 Å². The Labute approximate surface area is 143 Å². The first kappa shape index (κ1) is 19.5. The molecule has 9 heteroatoms. The number of methoxy groups -OCH3 is 1. The van der Waals surface area contributed by atoms with Gasteiger partial charge in [0, 0.05) is 18.4 Å². The third-order valence-corrected chi connectivity index (χ3v) is 3.86. The van der Waals surface area contributed by atoms with Crippen LogP contribution < -0.4 is 10.6 Å². The third-order valence-electron chi connectivity index (χ3n) is 2.95. The molecule has 0 aliphatic carbocycles. The summed E-state index contributed by atoms with van der Waals surface area (Å²) in [5.74, 6) is -0.551. The number of oxime groups is 1. The van der Waals surface area contributed by atoms with E-state index >= 15 is 0 Å². The molecule has 24 heavy (non-hydrogen) atoms. The molecule has 1 rings (SSSR count). The Morgan fingerprint density at radius 2 is 1.88 bits per heavy atom. The second-order valence-electron chi connectivity index (χ2n) is 4.74. The largest absolute Gasteiger partial charge is 0.467 e. The fraction of sp³-hybridized carbons (Fsp3) is 0.333. The molecular weight excluding hydrogens is 334 g/mol. The molecule has 0 saturated heterocycles. The van der Waals surface area contributed by atoms with Crippen LogP contribution in [0.1, 0.15) is 19.4 Å². The molecule has 0 heterocycles. The summed E-state index contributed by atoms with van der Waals surface area (Å²) in [5, 5.41) is 16.7. The normalized spacial score (nSPS) is 12.2. The highest BCUT2D eigenvalue weighted by molar-refractivity contribution is 8.13. The van der Waals surface area contributed by atoms with E-state index in [0.717, 1.165) is 11.8 Å². The van der Waals surface area contributed by atoms with E-state index in [9.17, 15) is 14.4 Å². The molecule has 1 unspecified atom stereocenters. The lowest BCUT2D eigenvalue weighted by Crippen LogP contribution is -2.45. The molecule has 1 aromatic rings. The number of rotatable bonds is 6. The van der Waals surface area contributed by atoms with Gasteiger partial charge in [-0.05, 0) is 24.6 Å².